The van der Waals surface area contributed by atoms with Crippen LogP contribution in [0.2, 0.25) is 0 Å². The molecule has 0 bridgehead atoms. The van der Waals surface area contributed by atoms with Gasteiger partial charge in [-0.25, -0.2) is 0 Å². The average Bonchev–Trinajstić information content (AvgIpc) is 2.59. The molecule has 4 saturated carbocycles. The fourth-order valence-electron chi connectivity index (χ4n) is 8.28. The van der Waals surface area contributed by atoms with E-state index in [-0.39, 0.29) is 11.1 Å². The summed E-state index contributed by atoms with van der Waals surface area (Å²) in [6.45, 7) is 9.39. The summed E-state index contributed by atoms with van der Waals surface area (Å²) in [4.78, 5) is 22.8. The van der Waals surface area contributed by atoms with Gasteiger partial charge in [-0.05, 0) is 99.7 Å². The second-order valence-corrected chi connectivity index (χ2v) is 10.5. The predicted octanol–water partition coefficient (Wildman–Crippen LogP) is 3.36. The van der Waals surface area contributed by atoms with Gasteiger partial charge >= 0.3 is 0 Å². The summed E-state index contributed by atoms with van der Waals surface area (Å²) < 4.78 is 0. The van der Waals surface area contributed by atoms with Crippen molar-refractivity contribution in [3.63, 3.8) is 0 Å². The molecule has 26 heavy (non-hydrogen) atoms. The van der Waals surface area contributed by atoms with Crippen molar-refractivity contribution in [1.29, 1.82) is 0 Å². The van der Waals surface area contributed by atoms with Crippen LogP contribution >= 0.6 is 0 Å². The van der Waals surface area contributed by atoms with Crippen LogP contribution < -0.4 is 10.6 Å². The van der Waals surface area contributed by atoms with Gasteiger partial charge in [-0.3, -0.25) is 9.59 Å². The zero-order valence-electron chi connectivity index (χ0n) is 16.8. The van der Waals surface area contributed by atoms with Gasteiger partial charge in [0, 0.05) is 11.1 Å². The Kier molecular flexibility index (Phi) is 4.39. The molecule has 2 amide bonds. The normalized spacial score (nSPS) is 55.4. The highest BCUT2D eigenvalue weighted by molar-refractivity contribution is 5.49. The van der Waals surface area contributed by atoms with Gasteiger partial charge in [-0.1, -0.05) is 13.8 Å². The van der Waals surface area contributed by atoms with Crippen molar-refractivity contribution in [3.8, 4) is 0 Å². The number of hydrogen-bond acceptors (Lipinski definition) is 2. The van der Waals surface area contributed by atoms with Crippen molar-refractivity contribution in [2.24, 2.45) is 47.3 Å². The third-order valence-corrected chi connectivity index (χ3v) is 9.63. The van der Waals surface area contributed by atoms with Gasteiger partial charge in [0.15, 0.2) is 0 Å². The molecule has 10 atom stereocenters. The Morgan fingerprint density at radius 1 is 0.885 bits per heavy atom. The highest BCUT2D eigenvalue weighted by Crippen LogP contribution is 2.65. The largest absolute Gasteiger partial charge is 0.353 e. The van der Waals surface area contributed by atoms with Gasteiger partial charge in [-0.15, -0.1) is 0 Å². The second-order valence-electron chi connectivity index (χ2n) is 10.5. The van der Waals surface area contributed by atoms with Crippen molar-refractivity contribution >= 4 is 12.8 Å². The SMILES string of the molecule is CC1CC2CC(C)C(C)(NC=O)C3CCC4C(C1CCC4(C)NC=O)C23. The summed E-state index contributed by atoms with van der Waals surface area (Å²) in [5, 5.41) is 6.50. The van der Waals surface area contributed by atoms with Crippen molar-refractivity contribution in [2.45, 2.75) is 77.3 Å². The van der Waals surface area contributed by atoms with E-state index in [1.54, 1.807) is 0 Å². The van der Waals surface area contributed by atoms with Crippen molar-refractivity contribution < 1.29 is 9.59 Å². The van der Waals surface area contributed by atoms with Gasteiger partial charge in [0.1, 0.15) is 0 Å². The first-order valence-electron chi connectivity index (χ1n) is 10.8. The number of carbonyl (C=O) groups excluding carboxylic acids is 2. The maximum Gasteiger partial charge on any atom is 0.207 e. The summed E-state index contributed by atoms with van der Waals surface area (Å²) in [7, 11) is 0. The molecule has 4 rings (SSSR count). The lowest BCUT2D eigenvalue weighted by Gasteiger charge is -2.67. The molecule has 0 saturated heterocycles. The van der Waals surface area contributed by atoms with E-state index in [9.17, 15) is 9.59 Å². The van der Waals surface area contributed by atoms with Crippen LogP contribution in [0, 0.1) is 47.3 Å². The predicted molar refractivity (Wildman–Crippen MR) is 102 cm³/mol. The molecule has 0 radical (unpaired) electrons. The topological polar surface area (TPSA) is 58.2 Å². The number of carbonyl (C=O) groups is 2. The maximum absolute atomic E-state index is 11.4. The first-order valence-corrected chi connectivity index (χ1v) is 10.8. The van der Waals surface area contributed by atoms with E-state index in [4.69, 9.17) is 0 Å². The molecule has 0 aliphatic heterocycles. The highest BCUT2D eigenvalue weighted by Gasteiger charge is 2.63. The van der Waals surface area contributed by atoms with Crippen LogP contribution in [0.1, 0.15) is 66.2 Å². The maximum atomic E-state index is 11.4. The van der Waals surface area contributed by atoms with E-state index in [0.29, 0.717) is 29.6 Å². The second kappa shape index (κ2) is 6.24. The van der Waals surface area contributed by atoms with Gasteiger partial charge in [0.2, 0.25) is 12.8 Å². The summed E-state index contributed by atoms with van der Waals surface area (Å²) in [6, 6.07) is 0. The lowest BCUT2D eigenvalue weighted by atomic mass is 9.40. The minimum Gasteiger partial charge on any atom is -0.353 e. The summed E-state index contributed by atoms with van der Waals surface area (Å²) in [5.74, 6) is 5.48. The number of hydrogen-bond donors (Lipinski definition) is 2. The monoisotopic (exact) mass is 360 g/mol. The van der Waals surface area contributed by atoms with Crippen LogP contribution in [0.15, 0.2) is 0 Å². The van der Waals surface area contributed by atoms with Gasteiger partial charge < -0.3 is 10.6 Å². The molecule has 2 N–H and O–H groups in total. The minimum atomic E-state index is -0.0784. The van der Waals surface area contributed by atoms with Crippen LogP contribution in [0.4, 0.5) is 0 Å². The molecule has 0 aromatic carbocycles. The van der Waals surface area contributed by atoms with Crippen LogP contribution in [-0.2, 0) is 9.59 Å². The Bertz CT molecular complexity index is 580. The Labute approximate surface area is 158 Å². The third-order valence-electron chi connectivity index (χ3n) is 9.63. The van der Waals surface area contributed by atoms with Gasteiger partial charge in [-0.2, -0.15) is 0 Å². The standard InChI is InChI=1S/C22H36N2O2/c1-13-9-15-10-14(2)22(4,24-12-26)18-6-5-17-20(19(15)18)16(13)7-8-21(17,3)23-11-25/h11-20H,5-10H2,1-4H3,(H,23,25)(H,24,26). The molecule has 4 aliphatic carbocycles. The molecular formula is C22H36N2O2. The summed E-state index contributed by atoms with van der Waals surface area (Å²) in [6.07, 6.45) is 9.17. The number of amides is 2. The van der Waals surface area contributed by atoms with Crippen LogP contribution in [0.3, 0.4) is 0 Å². The average molecular weight is 361 g/mol. The molecule has 10 unspecified atom stereocenters. The van der Waals surface area contributed by atoms with Gasteiger partial charge in [0.25, 0.3) is 0 Å². The van der Waals surface area contributed by atoms with Crippen LogP contribution in [0.25, 0.3) is 0 Å². The smallest absolute Gasteiger partial charge is 0.207 e. The first kappa shape index (κ1) is 18.3. The lowest BCUT2D eigenvalue weighted by Crippen LogP contribution is -2.68. The van der Waals surface area contributed by atoms with Gasteiger partial charge in [0.05, 0.1) is 0 Å². The molecule has 4 nitrogen and oxygen atoms in total. The van der Waals surface area contributed by atoms with E-state index in [1.807, 2.05) is 0 Å². The Balaban J connectivity index is 1.74. The van der Waals surface area contributed by atoms with E-state index in [0.717, 1.165) is 37.0 Å². The first-order chi connectivity index (χ1) is 12.4. The van der Waals surface area contributed by atoms with Crippen LogP contribution in [0.5, 0.6) is 0 Å². The summed E-state index contributed by atoms with van der Waals surface area (Å²) in [5.41, 5.74) is -0.127. The molecule has 0 aromatic rings. The van der Waals surface area contributed by atoms with E-state index < -0.39 is 0 Å². The van der Waals surface area contributed by atoms with Crippen LogP contribution in [-0.4, -0.2) is 23.9 Å². The molecule has 146 valence electrons. The molecule has 0 heterocycles. The third kappa shape index (κ3) is 2.39. The molecule has 4 fully saturated rings. The lowest BCUT2D eigenvalue weighted by molar-refractivity contribution is -0.162. The van der Waals surface area contributed by atoms with Crippen molar-refractivity contribution in [3.05, 3.63) is 0 Å². The highest BCUT2D eigenvalue weighted by atomic mass is 16.1. The fourth-order valence-corrected chi connectivity index (χ4v) is 8.28. The Hall–Kier alpha value is -1.06. The Morgan fingerprint density at radius 3 is 2.27 bits per heavy atom. The van der Waals surface area contributed by atoms with Crippen molar-refractivity contribution in [1.82, 2.24) is 10.6 Å². The minimum absolute atomic E-state index is 0.0486. The van der Waals surface area contributed by atoms with E-state index >= 15 is 0 Å². The van der Waals surface area contributed by atoms with E-state index in [2.05, 4.69) is 38.3 Å². The fraction of sp³-hybridized carbons (Fsp3) is 0.909. The molecular weight excluding hydrogens is 324 g/mol. The molecule has 4 heteroatoms. The molecule has 0 aromatic heterocycles. The Morgan fingerprint density at radius 2 is 1.58 bits per heavy atom. The summed E-state index contributed by atoms with van der Waals surface area (Å²) >= 11 is 0. The molecule has 0 spiro atoms. The zero-order chi connectivity index (χ0) is 18.7. The number of nitrogens with one attached hydrogen (secondary N) is 2. The quantitative estimate of drug-likeness (QED) is 0.755. The molecule has 4 aliphatic rings. The van der Waals surface area contributed by atoms with E-state index in [1.165, 1.54) is 32.1 Å². The zero-order valence-corrected chi connectivity index (χ0v) is 16.8. The van der Waals surface area contributed by atoms with Crippen molar-refractivity contribution in [2.75, 3.05) is 0 Å². The number of rotatable bonds is 4.